The van der Waals surface area contributed by atoms with Gasteiger partial charge in [-0.3, -0.25) is 0 Å². The van der Waals surface area contributed by atoms with Crippen molar-refractivity contribution in [3.05, 3.63) is 0 Å². The molecule has 0 aliphatic heterocycles. The zero-order valence-corrected chi connectivity index (χ0v) is 11.3. The van der Waals surface area contributed by atoms with E-state index >= 15 is 0 Å². The van der Waals surface area contributed by atoms with E-state index in [1.165, 1.54) is 51.7 Å². The van der Waals surface area contributed by atoms with Crippen molar-refractivity contribution in [3.63, 3.8) is 0 Å². The summed E-state index contributed by atoms with van der Waals surface area (Å²) < 4.78 is 0. The molecule has 1 aliphatic carbocycles. The van der Waals surface area contributed by atoms with Gasteiger partial charge in [-0.2, -0.15) is 12.6 Å². The molecule has 2 heteroatoms. The average Bonchev–Trinajstić information content (AvgIpc) is 3.01. The molecule has 0 heterocycles. The number of thiol groups is 1. The van der Waals surface area contributed by atoms with Gasteiger partial charge in [-0.05, 0) is 49.8 Å². The van der Waals surface area contributed by atoms with Gasteiger partial charge < -0.3 is 4.90 Å². The normalized spacial score (nSPS) is 18.4. The summed E-state index contributed by atoms with van der Waals surface area (Å²) in [5.41, 5.74) is 0. The Morgan fingerprint density at radius 1 is 1.27 bits per heavy atom. The van der Waals surface area contributed by atoms with Crippen LogP contribution >= 0.6 is 12.6 Å². The molecule has 15 heavy (non-hydrogen) atoms. The van der Waals surface area contributed by atoms with Gasteiger partial charge in [-0.15, -0.1) is 0 Å². The monoisotopic (exact) mass is 229 g/mol. The lowest BCUT2D eigenvalue weighted by molar-refractivity contribution is 0.225. The minimum atomic E-state index is 0.809. The van der Waals surface area contributed by atoms with Crippen LogP contribution in [0.4, 0.5) is 0 Å². The quantitative estimate of drug-likeness (QED) is 0.593. The summed E-state index contributed by atoms with van der Waals surface area (Å²) in [7, 11) is 0. The second-order valence-electron chi connectivity index (χ2n) is 5.04. The Balaban J connectivity index is 2.25. The van der Waals surface area contributed by atoms with Crippen molar-refractivity contribution in [2.45, 2.75) is 46.0 Å². The van der Waals surface area contributed by atoms with Gasteiger partial charge in [0.2, 0.25) is 0 Å². The van der Waals surface area contributed by atoms with Crippen molar-refractivity contribution in [3.8, 4) is 0 Å². The summed E-state index contributed by atoms with van der Waals surface area (Å²) in [6.45, 7) is 8.48. The van der Waals surface area contributed by atoms with Gasteiger partial charge in [-0.25, -0.2) is 0 Å². The molecular formula is C13H27NS. The van der Waals surface area contributed by atoms with Gasteiger partial charge in [0.1, 0.15) is 0 Å². The van der Waals surface area contributed by atoms with Crippen molar-refractivity contribution in [1.29, 1.82) is 0 Å². The first-order valence-electron chi connectivity index (χ1n) is 6.63. The van der Waals surface area contributed by atoms with E-state index in [1.54, 1.807) is 0 Å². The Morgan fingerprint density at radius 3 is 2.47 bits per heavy atom. The zero-order valence-electron chi connectivity index (χ0n) is 10.4. The molecule has 0 saturated heterocycles. The van der Waals surface area contributed by atoms with Crippen molar-refractivity contribution in [1.82, 2.24) is 4.90 Å². The molecule has 1 saturated carbocycles. The molecule has 1 fully saturated rings. The molecule has 0 radical (unpaired) electrons. The Bertz CT molecular complexity index is 157. The van der Waals surface area contributed by atoms with Crippen molar-refractivity contribution >= 4 is 12.6 Å². The number of hydrogen-bond donors (Lipinski definition) is 1. The lowest BCUT2D eigenvalue weighted by atomic mass is 10.1. The van der Waals surface area contributed by atoms with Crippen LogP contribution < -0.4 is 0 Å². The number of nitrogens with zero attached hydrogens (tertiary/aromatic N) is 1. The maximum Gasteiger partial charge on any atom is 0.00176 e. The van der Waals surface area contributed by atoms with Gasteiger partial charge in [0.25, 0.3) is 0 Å². The van der Waals surface area contributed by atoms with E-state index in [0.717, 1.165) is 17.6 Å². The molecule has 1 aliphatic rings. The predicted octanol–water partition coefficient (Wildman–Crippen LogP) is 3.45. The van der Waals surface area contributed by atoms with Crippen molar-refractivity contribution < 1.29 is 0 Å². The third-order valence-electron chi connectivity index (χ3n) is 3.22. The van der Waals surface area contributed by atoms with E-state index in [4.69, 9.17) is 0 Å². The molecule has 0 N–H and O–H groups in total. The van der Waals surface area contributed by atoms with Crippen LogP contribution in [0.3, 0.4) is 0 Å². The lowest BCUT2D eigenvalue weighted by Crippen LogP contribution is -2.32. The van der Waals surface area contributed by atoms with Gasteiger partial charge in [0.15, 0.2) is 0 Å². The van der Waals surface area contributed by atoms with Crippen LogP contribution in [-0.4, -0.2) is 30.3 Å². The summed E-state index contributed by atoms with van der Waals surface area (Å²) in [5, 5.41) is 0. The first-order valence-corrected chi connectivity index (χ1v) is 7.26. The van der Waals surface area contributed by atoms with Crippen LogP contribution in [0.15, 0.2) is 0 Å². The zero-order chi connectivity index (χ0) is 11.1. The van der Waals surface area contributed by atoms with Crippen molar-refractivity contribution in [2.75, 3.05) is 25.4 Å². The van der Waals surface area contributed by atoms with E-state index in [2.05, 4.69) is 31.4 Å². The first-order chi connectivity index (χ1) is 7.30. The fourth-order valence-electron chi connectivity index (χ4n) is 2.25. The third kappa shape index (κ3) is 5.82. The third-order valence-corrected chi connectivity index (χ3v) is 3.74. The van der Waals surface area contributed by atoms with Crippen LogP contribution in [0.5, 0.6) is 0 Å². The van der Waals surface area contributed by atoms with Crippen LogP contribution in [0.25, 0.3) is 0 Å². The van der Waals surface area contributed by atoms with Gasteiger partial charge in [0.05, 0.1) is 0 Å². The topological polar surface area (TPSA) is 3.24 Å². The molecule has 1 rings (SSSR count). The fraction of sp³-hybridized carbons (Fsp3) is 1.00. The highest BCUT2D eigenvalue weighted by Crippen LogP contribution is 2.30. The highest BCUT2D eigenvalue weighted by molar-refractivity contribution is 7.80. The van der Waals surface area contributed by atoms with Crippen LogP contribution in [-0.2, 0) is 0 Å². The highest BCUT2D eigenvalue weighted by atomic mass is 32.1. The van der Waals surface area contributed by atoms with E-state index < -0.39 is 0 Å². The number of hydrogen-bond acceptors (Lipinski definition) is 2. The molecule has 0 aromatic heterocycles. The maximum absolute atomic E-state index is 4.47. The highest BCUT2D eigenvalue weighted by Gasteiger charge is 2.24. The molecular weight excluding hydrogens is 202 g/mol. The van der Waals surface area contributed by atoms with E-state index in [1.807, 2.05) is 0 Å². The van der Waals surface area contributed by atoms with Crippen LogP contribution in [0.2, 0.25) is 0 Å². The summed E-state index contributed by atoms with van der Waals surface area (Å²) in [5.74, 6) is 2.89. The van der Waals surface area contributed by atoms with Gasteiger partial charge in [-0.1, -0.05) is 20.3 Å². The average molecular weight is 229 g/mol. The minimum Gasteiger partial charge on any atom is -0.303 e. The summed E-state index contributed by atoms with van der Waals surface area (Å²) >= 11 is 4.47. The van der Waals surface area contributed by atoms with Crippen LogP contribution in [0, 0.1) is 11.8 Å². The predicted molar refractivity (Wildman–Crippen MR) is 71.7 cm³/mol. The summed E-state index contributed by atoms with van der Waals surface area (Å²) in [4.78, 5) is 2.67. The molecule has 1 atom stereocenters. The van der Waals surface area contributed by atoms with Crippen molar-refractivity contribution in [2.24, 2.45) is 11.8 Å². The van der Waals surface area contributed by atoms with E-state index in [9.17, 15) is 0 Å². The molecule has 1 nitrogen and oxygen atoms in total. The Labute approximate surface area is 101 Å². The molecule has 0 aromatic rings. The van der Waals surface area contributed by atoms with E-state index in [0.29, 0.717) is 0 Å². The van der Waals surface area contributed by atoms with E-state index in [-0.39, 0.29) is 0 Å². The molecule has 0 spiro atoms. The lowest BCUT2D eigenvalue weighted by Gasteiger charge is -2.26. The second-order valence-corrected chi connectivity index (χ2v) is 5.41. The second kappa shape index (κ2) is 7.56. The van der Waals surface area contributed by atoms with Gasteiger partial charge in [0, 0.05) is 13.1 Å². The molecule has 1 unspecified atom stereocenters. The fourth-order valence-corrected chi connectivity index (χ4v) is 2.55. The summed E-state index contributed by atoms with van der Waals surface area (Å²) in [6.07, 6.45) is 6.88. The largest absolute Gasteiger partial charge is 0.303 e. The first kappa shape index (κ1) is 13.4. The number of rotatable bonds is 9. The SMILES string of the molecule is CCCC(CS)CN(CCC)CC1CC1. The maximum atomic E-state index is 4.47. The molecule has 0 bridgehead atoms. The molecule has 0 amide bonds. The Hall–Kier alpha value is 0.310. The Kier molecular flexibility index (Phi) is 6.74. The minimum absolute atomic E-state index is 0.809. The van der Waals surface area contributed by atoms with Crippen LogP contribution in [0.1, 0.15) is 46.0 Å². The molecule has 90 valence electrons. The summed E-state index contributed by atoms with van der Waals surface area (Å²) in [6, 6.07) is 0. The van der Waals surface area contributed by atoms with Gasteiger partial charge >= 0.3 is 0 Å². The molecule has 0 aromatic carbocycles. The smallest absolute Gasteiger partial charge is 0.00176 e. The Morgan fingerprint density at radius 2 is 2.00 bits per heavy atom. The standard InChI is InChI=1S/C13H27NS/c1-3-5-13(11-15)10-14(8-4-2)9-12-6-7-12/h12-13,15H,3-11H2,1-2H3.